The molecule has 0 heterocycles. The van der Waals surface area contributed by atoms with Gasteiger partial charge in [-0.3, -0.25) is 4.79 Å². The van der Waals surface area contributed by atoms with Gasteiger partial charge in [-0.15, -0.1) is 0 Å². The van der Waals surface area contributed by atoms with E-state index in [1.807, 2.05) is 0 Å². The summed E-state index contributed by atoms with van der Waals surface area (Å²) in [5, 5.41) is 8.75. The SMILES string of the molecule is COC(=O)[C@@H](N(Cc1ccc(F)c(Cl)c1)C(=O)CC#N)C(C)(C)C. The summed E-state index contributed by atoms with van der Waals surface area (Å²) < 4.78 is 18.1. The fraction of sp³-hybridized carbons (Fsp3) is 0.471. The van der Waals surface area contributed by atoms with Gasteiger partial charge in [0.15, 0.2) is 0 Å². The fourth-order valence-corrected chi connectivity index (χ4v) is 2.59. The lowest BCUT2D eigenvalue weighted by molar-refractivity contribution is -0.158. The van der Waals surface area contributed by atoms with Gasteiger partial charge < -0.3 is 9.64 Å². The Kier molecular flexibility index (Phi) is 6.73. The topological polar surface area (TPSA) is 70.4 Å². The zero-order valence-corrected chi connectivity index (χ0v) is 14.9. The van der Waals surface area contributed by atoms with Crippen molar-refractivity contribution < 1.29 is 18.7 Å². The Morgan fingerprint density at radius 2 is 2.04 bits per heavy atom. The highest BCUT2D eigenvalue weighted by Crippen LogP contribution is 2.28. The van der Waals surface area contributed by atoms with E-state index in [0.29, 0.717) is 5.56 Å². The molecule has 0 aromatic heterocycles. The van der Waals surface area contributed by atoms with Crippen LogP contribution in [0.25, 0.3) is 0 Å². The maximum atomic E-state index is 13.3. The second-order valence-electron chi connectivity index (χ2n) is 6.40. The average molecular weight is 355 g/mol. The third kappa shape index (κ3) is 4.93. The van der Waals surface area contributed by atoms with E-state index < -0.39 is 29.2 Å². The highest BCUT2D eigenvalue weighted by molar-refractivity contribution is 6.30. The summed E-state index contributed by atoms with van der Waals surface area (Å²) in [6.07, 6.45) is -0.376. The number of amides is 1. The van der Waals surface area contributed by atoms with E-state index >= 15 is 0 Å². The minimum Gasteiger partial charge on any atom is -0.467 e. The molecule has 1 atom stereocenters. The highest BCUT2D eigenvalue weighted by Gasteiger charge is 2.39. The lowest BCUT2D eigenvalue weighted by Crippen LogP contribution is -2.52. The van der Waals surface area contributed by atoms with E-state index in [1.165, 1.54) is 30.2 Å². The number of methoxy groups -OCH3 is 1. The summed E-state index contributed by atoms with van der Waals surface area (Å²) in [6, 6.07) is 4.95. The molecule has 7 heteroatoms. The molecule has 5 nitrogen and oxygen atoms in total. The minimum atomic E-state index is -0.896. The Hall–Kier alpha value is -2.13. The van der Waals surface area contributed by atoms with Crippen LogP contribution in [0.15, 0.2) is 18.2 Å². The Labute approximate surface area is 146 Å². The predicted molar refractivity (Wildman–Crippen MR) is 87.4 cm³/mol. The summed E-state index contributed by atoms with van der Waals surface area (Å²) >= 11 is 5.77. The van der Waals surface area contributed by atoms with Crippen molar-refractivity contribution in [3.8, 4) is 6.07 Å². The van der Waals surface area contributed by atoms with Crippen molar-refractivity contribution in [1.29, 1.82) is 5.26 Å². The van der Waals surface area contributed by atoms with Crippen LogP contribution in [0.4, 0.5) is 4.39 Å². The number of halogens is 2. The summed E-state index contributed by atoms with van der Waals surface area (Å²) in [6.45, 7) is 5.38. The molecule has 0 aliphatic heterocycles. The molecule has 0 unspecified atom stereocenters. The number of hydrogen-bond donors (Lipinski definition) is 0. The first-order chi connectivity index (χ1) is 11.1. The molecule has 0 radical (unpaired) electrons. The molecule has 0 bridgehead atoms. The van der Waals surface area contributed by atoms with Crippen LogP contribution < -0.4 is 0 Å². The van der Waals surface area contributed by atoms with Gasteiger partial charge in [0, 0.05) is 6.54 Å². The van der Waals surface area contributed by atoms with Crippen molar-refractivity contribution in [2.45, 2.75) is 39.8 Å². The van der Waals surface area contributed by atoms with Crippen molar-refractivity contribution in [3.05, 3.63) is 34.6 Å². The van der Waals surface area contributed by atoms with Gasteiger partial charge in [-0.25, -0.2) is 9.18 Å². The van der Waals surface area contributed by atoms with E-state index in [4.69, 9.17) is 21.6 Å². The monoisotopic (exact) mass is 354 g/mol. The number of rotatable bonds is 5. The van der Waals surface area contributed by atoms with Crippen LogP contribution in [-0.2, 0) is 20.9 Å². The molecule has 0 aliphatic carbocycles. The molecule has 1 aromatic carbocycles. The maximum absolute atomic E-state index is 13.3. The Balaban J connectivity index is 3.28. The molecule has 0 saturated heterocycles. The van der Waals surface area contributed by atoms with Gasteiger partial charge >= 0.3 is 5.97 Å². The van der Waals surface area contributed by atoms with Crippen LogP contribution in [0.2, 0.25) is 5.02 Å². The first kappa shape index (κ1) is 19.9. The van der Waals surface area contributed by atoms with E-state index in [9.17, 15) is 14.0 Å². The van der Waals surface area contributed by atoms with Crippen molar-refractivity contribution in [3.63, 3.8) is 0 Å². The summed E-state index contributed by atoms with van der Waals surface area (Å²) in [5.74, 6) is -1.67. The molecule has 1 amide bonds. The van der Waals surface area contributed by atoms with Gasteiger partial charge in [0.1, 0.15) is 18.3 Å². The Morgan fingerprint density at radius 3 is 2.50 bits per heavy atom. The number of carbonyl (C=O) groups is 2. The number of benzene rings is 1. The van der Waals surface area contributed by atoms with Gasteiger partial charge in [0.25, 0.3) is 0 Å². The second kappa shape index (κ2) is 8.11. The number of ether oxygens (including phenoxy) is 1. The van der Waals surface area contributed by atoms with Crippen LogP contribution in [0.3, 0.4) is 0 Å². The van der Waals surface area contributed by atoms with Crippen LogP contribution in [0.1, 0.15) is 32.8 Å². The lowest BCUT2D eigenvalue weighted by Gasteiger charge is -2.38. The third-order valence-electron chi connectivity index (χ3n) is 3.44. The summed E-state index contributed by atoms with van der Waals surface area (Å²) in [5.41, 5.74) is -0.0759. The molecule has 0 aliphatic rings. The molecule has 24 heavy (non-hydrogen) atoms. The van der Waals surface area contributed by atoms with E-state index in [2.05, 4.69) is 0 Å². The number of nitriles is 1. The zero-order chi connectivity index (χ0) is 18.5. The summed E-state index contributed by atoms with van der Waals surface area (Å²) in [7, 11) is 1.24. The maximum Gasteiger partial charge on any atom is 0.329 e. The second-order valence-corrected chi connectivity index (χ2v) is 6.80. The molecule has 0 fully saturated rings. The Morgan fingerprint density at radius 1 is 1.42 bits per heavy atom. The van der Waals surface area contributed by atoms with Crippen LogP contribution in [0, 0.1) is 22.6 Å². The van der Waals surface area contributed by atoms with Crippen molar-refractivity contribution in [2.24, 2.45) is 5.41 Å². The van der Waals surface area contributed by atoms with E-state index in [1.54, 1.807) is 26.8 Å². The third-order valence-corrected chi connectivity index (χ3v) is 3.73. The molecule has 1 aromatic rings. The van der Waals surface area contributed by atoms with Crippen molar-refractivity contribution in [1.82, 2.24) is 4.90 Å². The fourth-order valence-electron chi connectivity index (χ4n) is 2.39. The van der Waals surface area contributed by atoms with Crippen molar-refractivity contribution in [2.75, 3.05) is 7.11 Å². The van der Waals surface area contributed by atoms with Gasteiger partial charge in [-0.05, 0) is 23.1 Å². The molecule has 130 valence electrons. The highest BCUT2D eigenvalue weighted by atomic mass is 35.5. The zero-order valence-electron chi connectivity index (χ0n) is 14.1. The molecule has 0 N–H and O–H groups in total. The first-order valence-corrected chi connectivity index (χ1v) is 7.67. The van der Waals surface area contributed by atoms with E-state index in [-0.39, 0.29) is 18.0 Å². The van der Waals surface area contributed by atoms with Gasteiger partial charge in [0.05, 0.1) is 18.2 Å². The minimum absolute atomic E-state index is 0.0115. The van der Waals surface area contributed by atoms with Crippen LogP contribution >= 0.6 is 11.6 Å². The molecule has 1 rings (SSSR count). The molecular formula is C17H20ClFN2O3. The summed E-state index contributed by atoms with van der Waals surface area (Å²) in [4.78, 5) is 25.9. The normalized spacial score (nSPS) is 12.2. The number of carbonyl (C=O) groups excluding carboxylic acids is 2. The average Bonchev–Trinajstić information content (AvgIpc) is 2.48. The largest absolute Gasteiger partial charge is 0.467 e. The Bertz CT molecular complexity index is 665. The van der Waals surface area contributed by atoms with Crippen molar-refractivity contribution >= 4 is 23.5 Å². The van der Waals surface area contributed by atoms with Gasteiger partial charge in [-0.2, -0.15) is 5.26 Å². The number of hydrogen-bond acceptors (Lipinski definition) is 4. The first-order valence-electron chi connectivity index (χ1n) is 7.30. The molecular weight excluding hydrogens is 335 g/mol. The molecule has 0 saturated carbocycles. The smallest absolute Gasteiger partial charge is 0.329 e. The van der Waals surface area contributed by atoms with Crippen LogP contribution in [-0.4, -0.2) is 29.9 Å². The van der Waals surface area contributed by atoms with Crippen LogP contribution in [0.5, 0.6) is 0 Å². The van der Waals surface area contributed by atoms with Gasteiger partial charge in [-0.1, -0.05) is 38.4 Å². The van der Waals surface area contributed by atoms with E-state index in [0.717, 1.165) is 0 Å². The number of nitrogens with zero attached hydrogens (tertiary/aromatic N) is 2. The standard InChI is InChI=1S/C17H20ClFN2O3/c1-17(2,3)15(16(23)24-4)21(14(22)7-8-20)10-11-5-6-13(19)12(18)9-11/h5-6,9,15H,7,10H2,1-4H3/t15-/m1/s1. The number of esters is 1. The quantitative estimate of drug-likeness (QED) is 0.760. The predicted octanol–water partition coefficient (Wildman–Crippen LogP) is 3.31. The lowest BCUT2D eigenvalue weighted by atomic mass is 9.85. The van der Waals surface area contributed by atoms with Gasteiger partial charge in [0.2, 0.25) is 5.91 Å². The molecule has 0 spiro atoms.